The highest BCUT2D eigenvalue weighted by molar-refractivity contribution is 9.10. The Hall–Kier alpha value is -0.900. The van der Waals surface area contributed by atoms with E-state index in [9.17, 15) is 4.79 Å². The van der Waals surface area contributed by atoms with Gasteiger partial charge in [0.25, 0.3) is 5.91 Å². The standard InChI is InChI=1S/C13H17BrN2O/c1-13(2)5-8-16(9-6-13)12(17)10-4-3-7-15-11(10)14/h3-4,7H,5-6,8-9H2,1-2H3. The molecular formula is C13H17BrN2O. The van der Waals surface area contributed by atoms with Crippen LogP contribution in [0.4, 0.5) is 0 Å². The SMILES string of the molecule is CC1(C)CCN(C(=O)c2cccnc2Br)CC1. The van der Waals surface area contributed by atoms with Gasteiger partial charge in [0, 0.05) is 19.3 Å². The molecule has 17 heavy (non-hydrogen) atoms. The van der Waals surface area contributed by atoms with Gasteiger partial charge in [-0.15, -0.1) is 0 Å². The predicted octanol–water partition coefficient (Wildman–Crippen LogP) is 3.11. The van der Waals surface area contributed by atoms with Crippen LogP contribution < -0.4 is 0 Å². The summed E-state index contributed by atoms with van der Waals surface area (Å²) in [5.41, 5.74) is 1.02. The number of piperidine rings is 1. The molecule has 0 radical (unpaired) electrons. The molecule has 1 aliphatic rings. The van der Waals surface area contributed by atoms with Gasteiger partial charge >= 0.3 is 0 Å². The summed E-state index contributed by atoms with van der Waals surface area (Å²) in [6.07, 6.45) is 3.81. The lowest BCUT2D eigenvalue weighted by Gasteiger charge is -2.37. The highest BCUT2D eigenvalue weighted by Crippen LogP contribution is 2.30. The van der Waals surface area contributed by atoms with E-state index in [0.717, 1.165) is 25.9 Å². The molecule has 0 spiro atoms. The molecule has 2 rings (SSSR count). The molecule has 0 saturated carbocycles. The van der Waals surface area contributed by atoms with Gasteiger partial charge in [0.05, 0.1) is 5.56 Å². The second kappa shape index (κ2) is 4.77. The van der Waals surface area contributed by atoms with Crippen molar-refractivity contribution in [2.75, 3.05) is 13.1 Å². The van der Waals surface area contributed by atoms with Crippen molar-refractivity contribution in [3.05, 3.63) is 28.5 Å². The van der Waals surface area contributed by atoms with Gasteiger partial charge in [-0.05, 0) is 46.3 Å². The van der Waals surface area contributed by atoms with Gasteiger partial charge in [0.2, 0.25) is 0 Å². The number of carbonyl (C=O) groups excluding carboxylic acids is 1. The van der Waals surface area contributed by atoms with Gasteiger partial charge < -0.3 is 4.90 Å². The van der Waals surface area contributed by atoms with Crippen LogP contribution in [0.1, 0.15) is 37.0 Å². The zero-order valence-corrected chi connectivity index (χ0v) is 11.8. The molecule has 0 N–H and O–H groups in total. The number of rotatable bonds is 1. The number of aromatic nitrogens is 1. The Bertz CT molecular complexity index is 421. The second-order valence-electron chi connectivity index (χ2n) is 5.30. The summed E-state index contributed by atoms with van der Waals surface area (Å²) in [6.45, 7) is 6.20. The van der Waals surface area contributed by atoms with Gasteiger partial charge in [-0.25, -0.2) is 4.98 Å². The molecule has 4 heteroatoms. The first-order chi connectivity index (χ1) is 7.99. The lowest BCUT2D eigenvalue weighted by atomic mass is 9.82. The van der Waals surface area contributed by atoms with Crippen molar-refractivity contribution in [2.45, 2.75) is 26.7 Å². The fraction of sp³-hybridized carbons (Fsp3) is 0.538. The van der Waals surface area contributed by atoms with E-state index in [4.69, 9.17) is 0 Å². The van der Waals surface area contributed by atoms with Crippen molar-refractivity contribution >= 4 is 21.8 Å². The smallest absolute Gasteiger partial charge is 0.256 e. The third-order valence-corrected chi connectivity index (χ3v) is 4.03. The Kier molecular flexibility index (Phi) is 3.52. The topological polar surface area (TPSA) is 33.2 Å². The van der Waals surface area contributed by atoms with Gasteiger partial charge in [-0.3, -0.25) is 4.79 Å². The molecule has 0 bridgehead atoms. The van der Waals surface area contributed by atoms with Crippen LogP contribution in [0.2, 0.25) is 0 Å². The second-order valence-corrected chi connectivity index (χ2v) is 6.05. The van der Waals surface area contributed by atoms with E-state index in [1.807, 2.05) is 11.0 Å². The van der Waals surface area contributed by atoms with Crippen LogP contribution in [0.25, 0.3) is 0 Å². The van der Waals surface area contributed by atoms with Gasteiger partial charge in [0.1, 0.15) is 4.60 Å². The fourth-order valence-corrected chi connectivity index (χ4v) is 2.45. The Morgan fingerprint density at radius 3 is 2.65 bits per heavy atom. The zero-order valence-electron chi connectivity index (χ0n) is 10.2. The number of amides is 1. The van der Waals surface area contributed by atoms with E-state index in [2.05, 4.69) is 34.8 Å². The van der Waals surface area contributed by atoms with Gasteiger partial charge in [0.15, 0.2) is 0 Å². The van der Waals surface area contributed by atoms with Crippen molar-refractivity contribution in [1.29, 1.82) is 0 Å². The maximum absolute atomic E-state index is 12.3. The van der Waals surface area contributed by atoms with Crippen molar-refractivity contribution < 1.29 is 4.79 Å². The molecule has 0 aromatic carbocycles. The molecule has 1 aromatic rings. The molecule has 92 valence electrons. The number of pyridine rings is 1. The first-order valence-corrected chi connectivity index (χ1v) is 6.69. The molecule has 1 fully saturated rings. The third kappa shape index (κ3) is 2.86. The average molecular weight is 297 g/mol. The summed E-state index contributed by atoms with van der Waals surface area (Å²) in [6, 6.07) is 3.62. The average Bonchev–Trinajstić information content (AvgIpc) is 2.29. The van der Waals surface area contributed by atoms with Gasteiger partial charge in [-0.1, -0.05) is 13.8 Å². The van der Waals surface area contributed by atoms with E-state index < -0.39 is 0 Å². The number of hydrogen-bond donors (Lipinski definition) is 0. The highest BCUT2D eigenvalue weighted by atomic mass is 79.9. The molecule has 0 aliphatic carbocycles. The summed E-state index contributed by atoms with van der Waals surface area (Å²) >= 11 is 3.33. The molecule has 3 nitrogen and oxygen atoms in total. The summed E-state index contributed by atoms with van der Waals surface area (Å²) in [5, 5.41) is 0. The van der Waals surface area contributed by atoms with Crippen LogP contribution in [-0.2, 0) is 0 Å². The zero-order chi connectivity index (χ0) is 12.5. The Morgan fingerprint density at radius 1 is 1.41 bits per heavy atom. The van der Waals surface area contributed by atoms with Crippen LogP contribution in [0.15, 0.2) is 22.9 Å². The first kappa shape index (κ1) is 12.6. The molecular weight excluding hydrogens is 280 g/mol. The predicted molar refractivity (Wildman–Crippen MR) is 70.9 cm³/mol. The summed E-state index contributed by atoms with van der Waals surface area (Å²) in [7, 11) is 0. The van der Waals surface area contributed by atoms with Crippen molar-refractivity contribution in [1.82, 2.24) is 9.88 Å². The van der Waals surface area contributed by atoms with Gasteiger partial charge in [-0.2, -0.15) is 0 Å². The number of halogens is 1. The lowest BCUT2D eigenvalue weighted by Crippen LogP contribution is -2.41. The van der Waals surface area contributed by atoms with Crippen LogP contribution in [0.3, 0.4) is 0 Å². The third-order valence-electron chi connectivity index (χ3n) is 3.39. The largest absolute Gasteiger partial charge is 0.339 e. The van der Waals surface area contributed by atoms with E-state index >= 15 is 0 Å². The Labute approximate surface area is 110 Å². The van der Waals surface area contributed by atoms with Crippen LogP contribution in [-0.4, -0.2) is 28.9 Å². The minimum atomic E-state index is 0.0838. The van der Waals surface area contributed by atoms with E-state index in [0.29, 0.717) is 15.6 Å². The van der Waals surface area contributed by atoms with E-state index in [-0.39, 0.29) is 5.91 Å². The maximum Gasteiger partial charge on any atom is 0.256 e. The minimum Gasteiger partial charge on any atom is -0.339 e. The summed E-state index contributed by atoms with van der Waals surface area (Å²) in [4.78, 5) is 18.3. The normalized spacial score (nSPS) is 19.1. The highest BCUT2D eigenvalue weighted by Gasteiger charge is 2.28. The number of likely N-dealkylation sites (tertiary alicyclic amines) is 1. The molecule has 0 atom stereocenters. The number of carbonyl (C=O) groups is 1. The summed E-state index contributed by atoms with van der Waals surface area (Å²) < 4.78 is 0.634. The van der Waals surface area contributed by atoms with Crippen LogP contribution >= 0.6 is 15.9 Å². The molecule has 1 amide bonds. The van der Waals surface area contributed by atoms with Crippen molar-refractivity contribution in [2.24, 2.45) is 5.41 Å². The van der Waals surface area contributed by atoms with Crippen LogP contribution in [0, 0.1) is 5.41 Å². The van der Waals surface area contributed by atoms with E-state index in [1.165, 1.54) is 0 Å². The monoisotopic (exact) mass is 296 g/mol. The number of nitrogens with zero attached hydrogens (tertiary/aromatic N) is 2. The van der Waals surface area contributed by atoms with Crippen molar-refractivity contribution in [3.8, 4) is 0 Å². The Morgan fingerprint density at radius 2 is 2.06 bits per heavy atom. The fourth-order valence-electron chi connectivity index (χ4n) is 2.03. The first-order valence-electron chi connectivity index (χ1n) is 5.89. The quantitative estimate of drug-likeness (QED) is 0.746. The lowest BCUT2D eigenvalue weighted by molar-refractivity contribution is 0.0629. The number of hydrogen-bond acceptors (Lipinski definition) is 2. The maximum atomic E-state index is 12.3. The minimum absolute atomic E-state index is 0.0838. The molecule has 1 aromatic heterocycles. The Balaban J connectivity index is 2.10. The van der Waals surface area contributed by atoms with E-state index in [1.54, 1.807) is 12.3 Å². The van der Waals surface area contributed by atoms with Crippen molar-refractivity contribution in [3.63, 3.8) is 0 Å². The molecule has 2 heterocycles. The summed E-state index contributed by atoms with van der Waals surface area (Å²) in [5.74, 6) is 0.0838. The molecule has 1 aliphatic heterocycles. The molecule has 0 unspecified atom stereocenters. The molecule has 1 saturated heterocycles. The van der Waals surface area contributed by atoms with Crippen LogP contribution in [0.5, 0.6) is 0 Å².